The molecule has 1 aromatic heterocycles. The molecule has 0 spiro atoms. The van der Waals surface area contributed by atoms with Crippen molar-refractivity contribution in [1.29, 1.82) is 0 Å². The molecule has 0 aliphatic carbocycles. The highest BCUT2D eigenvalue weighted by Gasteiger charge is 2.36. The van der Waals surface area contributed by atoms with Gasteiger partial charge in [-0.25, -0.2) is 8.42 Å². The summed E-state index contributed by atoms with van der Waals surface area (Å²) in [5.41, 5.74) is 0.807. The van der Waals surface area contributed by atoms with Crippen LogP contribution < -0.4 is 0 Å². The predicted molar refractivity (Wildman–Crippen MR) is 79.7 cm³/mol. The summed E-state index contributed by atoms with van der Waals surface area (Å²) in [4.78, 5) is 13.3. The van der Waals surface area contributed by atoms with Gasteiger partial charge in [0.05, 0.1) is 0 Å². The van der Waals surface area contributed by atoms with Gasteiger partial charge in [-0.3, -0.25) is 4.79 Å². The van der Waals surface area contributed by atoms with Crippen LogP contribution in [-0.4, -0.2) is 37.6 Å². The van der Waals surface area contributed by atoms with Gasteiger partial charge in [0.1, 0.15) is 16.6 Å². The quantitative estimate of drug-likeness (QED) is 0.807. The van der Waals surface area contributed by atoms with Gasteiger partial charge in [-0.15, -0.1) is 0 Å². The Hall–Kier alpha value is -1.53. The summed E-state index contributed by atoms with van der Waals surface area (Å²) >= 11 is 0. The smallest absolute Gasteiger partial charge is 0.237 e. The van der Waals surface area contributed by atoms with Crippen LogP contribution in [0.3, 0.4) is 0 Å². The second kappa shape index (κ2) is 5.35. The van der Waals surface area contributed by atoms with Crippen LogP contribution in [0.5, 0.6) is 0 Å². The fourth-order valence-corrected chi connectivity index (χ4v) is 3.60. The van der Waals surface area contributed by atoms with E-state index in [0.29, 0.717) is 13.0 Å². The van der Waals surface area contributed by atoms with Crippen LogP contribution in [0.1, 0.15) is 12.2 Å². The van der Waals surface area contributed by atoms with Crippen LogP contribution in [0, 0.1) is 0 Å². The van der Waals surface area contributed by atoms with E-state index < -0.39 is 14.3 Å². The number of amides is 1. The molecule has 1 amide bonds. The molecule has 0 saturated carbocycles. The molecule has 3 rings (SSSR count). The molecule has 0 bridgehead atoms. The highest BCUT2D eigenvalue weighted by atomic mass is 35.7. The molecule has 0 radical (unpaired) electrons. The third-order valence-corrected chi connectivity index (χ3v) is 5.55. The van der Waals surface area contributed by atoms with Gasteiger partial charge in [0, 0.05) is 42.0 Å². The fraction of sp³-hybridized carbons (Fsp3) is 0.357. The summed E-state index contributed by atoms with van der Waals surface area (Å²) in [6, 6.07) is 9.61. The number of carbonyl (C=O) groups excluding carboxylic acids is 1. The first-order valence-electron chi connectivity index (χ1n) is 6.62. The molecule has 5 nitrogen and oxygen atoms in total. The Labute approximate surface area is 126 Å². The molecule has 1 unspecified atom stereocenters. The molecule has 2 aromatic rings. The van der Waals surface area contributed by atoms with Crippen molar-refractivity contribution < 1.29 is 17.6 Å². The van der Waals surface area contributed by atoms with Gasteiger partial charge in [-0.05, 0) is 12.1 Å². The normalized spacial score (nSPS) is 19.6. The van der Waals surface area contributed by atoms with Crippen molar-refractivity contribution in [2.75, 3.05) is 13.1 Å². The molecule has 1 aliphatic heterocycles. The minimum Gasteiger partial charge on any atom is -0.461 e. The highest BCUT2D eigenvalue weighted by Crippen LogP contribution is 2.23. The van der Waals surface area contributed by atoms with Crippen LogP contribution >= 0.6 is 10.7 Å². The SMILES string of the molecule is O=C1CC(S(=O)(=O)Cl)CN1CCc1cc2ccccc2o1. The number of furan rings is 1. The van der Waals surface area contributed by atoms with E-state index in [9.17, 15) is 13.2 Å². The molecule has 2 heterocycles. The Balaban J connectivity index is 1.66. The van der Waals surface area contributed by atoms with Crippen LogP contribution in [0.25, 0.3) is 11.0 Å². The van der Waals surface area contributed by atoms with Crippen molar-refractivity contribution in [2.24, 2.45) is 0 Å². The molecule has 7 heteroatoms. The number of fused-ring (bicyclic) bond motifs is 1. The van der Waals surface area contributed by atoms with E-state index in [1.54, 1.807) is 0 Å². The molecule has 21 heavy (non-hydrogen) atoms. The minimum atomic E-state index is -3.69. The van der Waals surface area contributed by atoms with E-state index in [-0.39, 0.29) is 18.9 Å². The van der Waals surface area contributed by atoms with Gasteiger partial charge in [0.25, 0.3) is 0 Å². The van der Waals surface area contributed by atoms with E-state index in [0.717, 1.165) is 16.7 Å². The minimum absolute atomic E-state index is 0.0358. The van der Waals surface area contributed by atoms with Crippen molar-refractivity contribution in [3.63, 3.8) is 0 Å². The summed E-state index contributed by atoms with van der Waals surface area (Å²) in [6.07, 6.45) is 0.515. The first-order valence-corrected chi connectivity index (χ1v) is 8.99. The standard InChI is InChI=1S/C14H14ClNO4S/c15-21(18,19)12-8-14(17)16(9-12)6-5-11-7-10-3-1-2-4-13(10)20-11/h1-4,7,12H,5-6,8-9H2. The Kier molecular flexibility index (Phi) is 3.67. The summed E-state index contributed by atoms with van der Waals surface area (Å²) in [5, 5.41) is 0.212. The lowest BCUT2D eigenvalue weighted by atomic mass is 10.2. The zero-order chi connectivity index (χ0) is 15.0. The summed E-state index contributed by atoms with van der Waals surface area (Å²) in [5.74, 6) is 0.599. The lowest BCUT2D eigenvalue weighted by Crippen LogP contribution is -2.29. The molecule has 1 fully saturated rings. The Morgan fingerprint density at radius 2 is 2.10 bits per heavy atom. The first kappa shape index (κ1) is 14.4. The zero-order valence-corrected chi connectivity index (χ0v) is 12.7. The van der Waals surface area contributed by atoms with Gasteiger partial charge in [0.15, 0.2) is 0 Å². The molecule has 1 saturated heterocycles. The van der Waals surface area contributed by atoms with Crippen LogP contribution in [-0.2, 0) is 20.3 Å². The second-order valence-corrected chi connectivity index (χ2v) is 8.05. The van der Waals surface area contributed by atoms with E-state index in [4.69, 9.17) is 15.1 Å². The maximum atomic E-state index is 11.8. The fourth-order valence-electron chi connectivity index (χ4n) is 2.55. The molecule has 1 aliphatic rings. The van der Waals surface area contributed by atoms with E-state index >= 15 is 0 Å². The third kappa shape index (κ3) is 3.06. The number of rotatable bonds is 4. The monoisotopic (exact) mass is 327 g/mol. The number of nitrogens with zero attached hydrogens (tertiary/aromatic N) is 1. The summed E-state index contributed by atoms with van der Waals surface area (Å²) in [7, 11) is 1.63. The van der Waals surface area contributed by atoms with Crippen LogP contribution in [0.15, 0.2) is 34.7 Å². The maximum absolute atomic E-state index is 11.8. The number of para-hydroxylation sites is 1. The topological polar surface area (TPSA) is 67.6 Å². The maximum Gasteiger partial charge on any atom is 0.237 e. The van der Waals surface area contributed by atoms with Gasteiger partial charge < -0.3 is 9.32 Å². The predicted octanol–water partition coefficient (Wildman–Crippen LogP) is 2.14. The number of hydrogen-bond donors (Lipinski definition) is 0. The second-order valence-electron chi connectivity index (χ2n) is 5.14. The lowest BCUT2D eigenvalue weighted by Gasteiger charge is -2.14. The average Bonchev–Trinajstić information content (AvgIpc) is 2.98. The Bertz CT molecular complexity index is 750. The summed E-state index contributed by atoms with van der Waals surface area (Å²) in [6.45, 7) is 0.590. The van der Waals surface area contributed by atoms with Gasteiger partial charge >= 0.3 is 0 Å². The van der Waals surface area contributed by atoms with Crippen molar-refractivity contribution in [2.45, 2.75) is 18.1 Å². The number of benzene rings is 1. The highest BCUT2D eigenvalue weighted by molar-refractivity contribution is 8.14. The first-order chi connectivity index (χ1) is 9.93. The van der Waals surface area contributed by atoms with Gasteiger partial charge in [-0.2, -0.15) is 0 Å². The van der Waals surface area contributed by atoms with E-state index in [1.165, 1.54) is 4.90 Å². The summed E-state index contributed by atoms with van der Waals surface area (Å²) < 4.78 is 28.2. The molecular formula is C14H14ClNO4S. The third-order valence-electron chi connectivity index (χ3n) is 3.68. The van der Waals surface area contributed by atoms with Crippen LogP contribution in [0.4, 0.5) is 0 Å². The largest absolute Gasteiger partial charge is 0.461 e. The van der Waals surface area contributed by atoms with Crippen molar-refractivity contribution in [3.05, 3.63) is 36.1 Å². The van der Waals surface area contributed by atoms with E-state index in [1.807, 2.05) is 30.3 Å². The van der Waals surface area contributed by atoms with Crippen molar-refractivity contribution in [1.82, 2.24) is 4.90 Å². The number of hydrogen-bond acceptors (Lipinski definition) is 4. The molecule has 1 aromatic carbocycles. The zero-order valence-electron chi connectivity index (χ0n) is 11.2. The molecule has 1 atom stereocenters. The van der Waals surface area contributed by atoms with Crippen molar-refractivity contribution >= 4 is 36.6 Å². The molecule has 112 valence electrons. The molecular weight excluding hydrogens is 314 g/mol. The Morgan fingerprint density at radius 3 is 2.76 bits per heavy atom. The van der Waals surface area contributed by atoms with Crippen molar-refractivity contribution in [3.8, 4) is 0 Å². The number of halogens is 1. The van der Waals surface area contributed by atoms with Gasteiger partial charge in [0.2, 0.25) is 15.0 Å². The van der Waals surface area contributed by atoms with Gasteiger partial charge in [-0.1, -0.05) is 18.2 Å². The number of carbonyl (C=O) groups is 1. The Morgan fingerprint density at radius 1 is 1.33 bits per heavy atom. The average molecular weight is 328 g/mol. The number of likely N-dealkylation sites (tertiary alicyclic amines) is 1. The molecule has 0 N–H and O–H groups in total. The van der Waals surface area contributed by atoms with Crippen LogP contribution in [0.2, 0.25) is 0 Å². The lowest BCUT2D eigenvalue weighted by molar-refractivity contribution is -0.127. The van der Waals surface area contributed by atoms with E-state index in [2.05, 4.69) is 0 Å².